The van der Waals surface area contributed by atoms with Crippen LogP contribution in [-0.4, -0.2) is 83.7 Å². The molecule has 0 bridgehead atoms. The van der Waals surface area contributed by atoms with Crippen LogP contribution in [0.3, 0.4) is 0 Å². The molecule has 32 heavy (non-hydrogen) atoms. The topological polar surface area (TPSA) is 87.2 Å². The Morgan fingerprint density at radius 1 is 1.03 bits per heavy atom. The SMILES string of the molecule is O=C(CN1CCOCC1)N1CC(Oc2ccc(NC(=O)N3Cc4ccncc4C3)cc2)C1. The van der Waals surface area contributed by atoms with E-state index in [1.165, 1.54) is 0 Å². The monoisotopic (exact) mass is 437 g/mol. The third-order valence-corrected chi connectivity index (χ3v) is 6.09. The number of carbonyl (C=O) groups is 2. The fourth-order valence-electron chi connectivity index (χ4n) is 4.14. The Bertz CT molecular complexity index is 946. The number of nitrogens with one attached hydrogen (secondary N) is 1. The van der Waals surface area contributed by atoms with Gasteiger partial charge in [0.1, 0.15) is 11.9 Å². The Morgan fingerprint density at radius 2 is 1.78 bits per heavy atom. The maximum Gasteiger partial charge on any atom is 0.322 e. The summed E-state index contributed by atoms with van der Waals surface area (Å²) in [5.74, 6) is 0.873. The number of morpholine rings is 1. The van der Waals surface area contributed by atoms with Crippen LogP contribution in [0.2, 0.25) is 0 Å². The van der Waals surface area contributed by atoms with Crippen LogP contribution >= 0.6 is 0 Å². The van der Waals surface area contributed by atoms with Gasteiger partial charge in [-0.2, -0.15) is 0 Å². The highest BCUT2D eigenvalue weighted by molar-refractivity contribution is 5.89. The number of aromatic nitrogens is 1. The summed E-state index contributed by atoms with van der Waals surface area (Å²) in [6.07, 6.45) is 3.56. The average molecular weight is 438 g/mol. The van der Waals surface area contributed by atoms with E-state index in [2.05, 4.69) is 15.2 Å². The summed E-state index contributed by atoms with van der Waals surface area (Å²) in [4.78, 5) is 34.8. The zero-order valence-corrected chi connectivity index (χ0v) is 17.9. The molecule has 0 atom stereocenters. The molecule has 3 aliphatic heterocycles. The average Bonchev–Trinajstić information content (AvgIpc) is 3.22. The van der Waals surface area contributed by atoms with Gasteiger partial charge in [0.05, 0.1) is 32.8 Å². The molecule has 0 saturated carbocycles. The molecular weight excluding hydrogens is 410 g/mol. The molecule has 2 aromatic rings. The predicted octanol–water partition coefficient (Wildman–Crippen LogP) is 1.55. The van der Waals surface area contributed by atoms with Crippen LogP contribution in [0.25, 0.3) is 0 Å². The number of rotatable bonds is 5. The molecule has 3 amide bonds. The van der Waals surface area contributed by atoms with Crippen molar-refractivity contribution in [2.45, 2.75) is 19.2 Å². The van der Waals surface area contributed by atoms with E-state index in [0.717, 1.165) is 30.0 Å². The first-order valence-corrected chi connectivity index (χ1v) is 11.0. The summed E-state index contributed by atoms with van der Waals surface area (Å²) >= 11 is 0. The summed E-state index contributed by atoms with van der Waals surface area (Å²) in [5, 5.41) is 2.93. The summed E-state index contributed by atoms with van der Waals surface area (Å²) in [6.45, 7) is 5.82. The summed E-state index contributed by atoms with van der Waals surface area (Å²) in [5.41, 5.74) is 2.94. The molecule has 1 N–H and O–H groups in total. The van der Waals surface area contributed by atoms with E-state index in [1.54, 1.807) is 11.1 Å². The Labute approximate surface area is 186 Å². The second-order valence-corrected chi connectivity index (χ2v) is 8.38. The van der Waals surface area contributed by atoms with Gasteiger partial charge in [-0.3, -0.25) is 14.7 Å². The van der Waals surface area contributed by atoms with E-state index in [-0.39, 0.29) is 18.0 Å². The summed E-state index contributed by atoms with van der Waals surface area (Å²) in [7, 11) is 0. The number of hydrogen-bond donors (Lipinski definition) is 1. The van der Waals surface area contributed by atoms with Crippen molar-refractivity contribution in [3.63, 3.8) is 0 Å². The molecule has 2 fully saturated rings. The first-order valence-electron chi connectivity index (χ1n) is 11.0. The van der Waals surface area contributed by atoms with Crippen molar-refractivity contribution in [3.05, 3.63) is 53.9 Å². The number of fused-ring (bicyclic) bond motifs is 1. The largest absolute Gasteiger partial charge is 0.487 e. The number of hydrogen-bond acceptors (Lipinski definition) is 6. The van der Waals surface area contributed by atoms with Crippen LogP contribution in [0, 0.1) is 0 Å². The molecule has 5 rings (SSSR count). The lowest BCUT2D eigenvalue weighted by Crippen LogP contribution is -2.58. The van der Waals surface area contributed by atoms with Crippen molar-refractivity contribution < 1.29 is 19.1 Å². The second-order valence-electron chi connectivity index (χ2n) is 8.38. The molecule has 2 saturated heterocycles. The van der Waals surface area contributed by atoms with Crippen molar-refractivity contribution in [2.24, 2.45) is 0 Å². The minimum atomic E-state index is -0.136. The lowest BCUT2D eigenvalue weighted by molar-refractivity contribution is -0.142. The zero-order chi connectivity index (χ0) is 21.9. The molecule has 0 unspecified atom stereocenters. The van der Waals surface area contributed by atoms with E-state index >= 15 is 0 Å². The number of carbonyl (C=O) groups excluding carboxylic acids is 2. The van der Waals surface area contributed by atoms with Crippen molar-refractivity contribution in [2.75, 3.05) is 51.3 Å². The van der Waals surface area contributed by atoms with Crippen LogP contribution in [0.4, 0.5) is 10.5 Å². The Morgan fingerprint density at radius 3 is 2.53 bits per heavy atom. The molecule has 0 spiro atoms. The number of amides is 3. The molecule has 4 heterocycles. The normalized spacial score (nSPS) is 18.8. The van der Waals surface area contributed by atoms with Crippen molar-refractivity contribution in [3.8, 4) is 5.75 Å². The lowest BCUT2D eigenvalue weighted by Gasteiger charge is -2.40. The van der Waals surface area contributed by atoms with E-state index in [1.807, 2.05) is 41.4 Å². The highest BCUT2D eigenvalue weighted by Gasteiger charge is 2.33. The highest BCUT2D eigenvalue weighted by atomic mass is 16.5. The molecule has 1 aromatic heterocycles. The number of urea groups is 1. The van der Waals surface area contributed by atoms with Crippen LogP contribution < -0.4 is 10.1 Å². The number of benzene rings is 1. The number of pyridine rings is 1. The Kier molecular flexibility index (Phi) is 5.91. The maximum absolute atomic E-state index is 12.6. The van der Waals surface area contributed by atoms with Gasteiger partial charge in [-0.05, 0) is 41.5 Å². The minimum absolute atomic E-state index is 0.000735. The molecule has 1 aromatic carbocycles. The maximum atomic E-state index is 12.6. The van der Waals surface area contributed by atoms with Crippen LogP contribution in [0.5, 0.6) is 5.75 Å². The zero-order valence-electron chi connectivity index (χ0n) is 17.9. The number of anilines is 1. The van der Waals surface area contributed by atoms with Crippen LogP contribution in [0.1, 0.15) is 11.1 Å². The molecule has 0 radical (unpaired) electrons. The second kappa shape index (κ2) is 9.13. The van der Waals surface area contributed by atoms with Gasteiger partial charge in [-0.1, -0.05) is 0 Å². The quantitative estimate of drug-likeness (QED) is 0.764. The van der Waals surface area contributed by atoms with Gasteiger partial charge in [-0.25, -0.2) is 4.79 Å². The van der Waals surface area contributed by atoms with Crippen molar-refractivity contribution >= 4 is 17.6 Å². The van der Waals surface area contributed by atoms with Crippen LogP contribution in [-0.2, 0) is 22.6 Å². The predicted molar refractivity (Wildman–Crippen MR) is 117 cm³/mol. The Balaban J connectivity index is 1.05. The van der Waals surface area contributed by atoms with E-state index in [4.69, 9.17) is 9.47 Å². The number of likely N-dealkylation sites (tertiary alicyclic amines) is 1. The van der Waals surface area contributed by atoms with Gasteiger partial charge < -0.3 is 24.6 Å². The van der Waals surface area contributed by atoms with Gasteiger partial charge in [0.2, 0.25) is 5.91 Å². The fraction of sp³-hybridized carbons (Fsp3) is 0.435. The Hall–Kier alpha value is -3.17. The lowest BCUT2D eigenvalue weighted by atomic mass is 10.1. The standard InChI is InChI=1S/C23H27N5O4/c29-22(16-26-7-9-31-10-8-26)27-14-21(15-27)32-20-3-1-19(2-4-20)25-23(30)28-12-17-5-6-24-11-18(17)13-28/h1-6,11,21H,7-10,12-16H2,(H,25,30). The third-order valence-electron chi connectivity index (χ3n) is 6.09. The molecule has 9 nitrogen and oxygen atoms in total. The molecule has 9 heteroatoms. The smallest absolute Gasteiger partial charge is 0.322 e. The molecule has 168 valence electrons. The molecule has 3 aliphatic rings. The first-order chi connectivity index (χ1) is 15.6. The fourth-order valence-corrected chi connectivity index (χ4v) is 4.14. The highest BCUT2D eigenvalue weighted by Crippen LogP contribution is 2.24. The van der Waals surface area contributed by atoms with E-state index in [9.17, 15) is 9.59 Å². The van der Waals surface area contributed by atoms with Gasteiger partial charge >= 0.3 is 6.03 Å². The van der Waals surface area contributed by atoms with Gasteiger partial charge in [0.15, 0.2) is 0 Å². The van der Waals surface area contributed by atoms with Gasteiger partial charge in [0, 0.05) is 44.3 Å². The van der Waals surface area contributed by atoms with Gasteiger partial charge in [0.25, 0.3) is 0 Å². The minimum Gasteiger partial charge on any atom is -0.487 e. The van der Waals surface area contributed by atoms with Crippen molar-refractivity contribution in [1.82, 2.24) is 19.7 Å². The van der Waals surface area contributed by atoms with E-state index in [0.29, 0.717) is 51.6 Å². The molecular formula is C23H27N5O4. The van der Waals surface area contributed by atoms with Gasteiger partial charge in [-0.15, -0.1) is 0 Å². The first kappa shape index (κ1) is 20.7. The van der Waals surface area contributed by atoms with Crippen molar-refractivity contribution in [1.29, 1.82) is 0 Å². The summed E-state index contributed by atoms with van der Waals surface area (Å²) < 4.78 is 11.3. The molecule has 0 aliphatic carbocycles. The third kappa shape index (κ3) is 4.68. The van der Waals surface area contributed by atoms with Crippen LogP contribution in [0.15, 0.2) is 42.7 Å². The number of nitrogens with zero attached hydrogens (tertiary/aromatic N) is 4. The summed E-state index contributed by atoms with van der Waals surface area (Å²) in [6, 6.07) is 9.17. The number of ether oxygens (including phenoxy) is 2. The van der Waals surface area contributed by atoms with E-state index < -0.39 is 0 Å².